The molecule has 1 atom stereocenters. The van der Waals surface area contributed by atoms with Crippen molar-refractivity contribution in [2.45, 2.75) is 21.3 Å². The Morgan fingerprint density at radius 1 is 1.07 bits per heavy atom. The van der Waals surface area contributed by atoms with E-state index in [1.54, 1.807) is 18.4 Å². The van der Waals surface area contributed by atoms with Crippen LogP contribution in [0.4, 0.5) is 4.39 Å². The van der Waals surface area contributed by atoms with Crippen LogP contribution >= 0.6 is 11.3 Å². The van der Waals surface area contributed by atoms with Gasteiger partial charge in [-0.1, -0.05) is 18.2 Å². The van der Waals surface area contributed by atoms with Gasteiger partial charge in [-0.15, -0.1) is 11.3 Å². The molecule has 2 aromatic carbocycles. The largest absolute Gasteiger partial charge is 0.496 e. The Kier molecular flexibility index (Phi) is 6.61. The van der Waals surface area contributed by atoms with Crippen LogP contribution in [0.5, 0.6) is 5.75 Å². The predicted octanol–water partition coefficient (Wildman–Crippen LogP) is 3.70. The van der Waals surface area contributed by atoms with Crippen LogP contribution in [0.1, 0.15) is 16.4 Å². The van der Waals surface area contributed by atoms with E-state index in [9.17, 15) is 21.2 Å². The van der Waals surface area contributed by atoms with E-state index in [4.69, 9.17) is 4.74 Å². The van der Waals surface area contributed by atoms with E-state index in [2.05, 4.69) is 4.72 Å². The quantitative estimate of drug-likeness (QED) is 0.543. The number of halogens is 1. The summed E-state index contributed by atoms with van der Waals surface area (Å²) in [6, 6.07) is 12.4. The highest BCUT2D eigenvalue weighted by Gasteiger charge is 2.31. The van der Waals surface area contributed by atoms with Crippen molar-refractivity contribution in [3.8, 4) is 5.75 Å². The summed E-state index contributed by atoms with van der Waals surface area (Å²) in [6.07, 6.45) is 0. The van der Waals surface area contributed by atoms with Crippen LogP contribution in [0.25, 0.3) is 0 Å². The Morgan fingerprint density at radius 2 is 1.77 bits per heavy atom. The molecule has 0 bridgehead atoms. The van der Waals surface area contributed by atoms with Crippen LogP contribution in [-0.4, -0.2) is 30.5 Å². The van der Waals surface area contributed by atoms with Crippen molar-refractivity contribution in [1.29, 1.82) is 0 Å². The molecule has 30 heavy (non-hydrogen) atoms. The third kappa shape index (κ3) is 4.72. The molecule has 0 amide bonds. The molecule has 0 aliphatic heterocycles. The van der Waals surface area contributed by atoms with Gasteiger partial charge in [0.2, 0.25) is 10.0 Å². The number of hydrogen-bond acceptors (Lipinski definition) is 6. The van der Waals surface area contributed by atoms with E-state index in [0.717, 1.165) is 23.5 Å². The van der Waals surface area contributed by atoms with E-state index < -0.39 is 37.5 Å². The Hall–Kier alpha value is -2.27. The van der Waals surface area contributed by atoms with Gasteiger partial charge in [0.05, 0.1) is 12.0 Å². The average molecular weight is 470 g/mol. The third-order valence-electron chi connectivity index (χ3n) is 4.53. The number of sulfone groups is 1. The summed E-state index contributed by atoms with van der Waals surface area (Å²) in [5.41, 5.74) is 0.917. The first-order chi connectivity index (χ1) is 14.1. The van der Waals surface area contributed by atoms with Gasteiger partial charge in [0.25, 0.3) is 0 Å². The normalized spacial score (nSPS) is 13.2. The minimum Gasteiger partial charge on any atom is -0.496 e. The Balaban J connectivity index is 1.94. The summed E-state index contributed by atoms with van der Waals surface area (Å²) >= 11 is 1.04. The van der Waals surface area contributed by atoms with Crippen molar-refractivity contribution in [2.24, 2.45) is 0 Å². The number of benzene rings is 2. The molecule has 3 aromatic rings. The Labute approximate surface area is 179 Å². The second-order valence-electron chi connectivity index (χ2n) is 6.50. The van der Waals surface area contributed by atoms with Gasteiger partial charge in [-0.05, 0) is 59.8 Å². The lowest BCUT2D eigenvalue weighted by Crippen LogP contribution is -2.32. The molecule has 0 fully saturated rings. The summed E-state index contributed by atoms with van der Waals surface area (Å²) < 4.78 is 72.8. The smallest absolute Gasteiger partial charge is 0.240 e. The molecule has 0 saturated heterocycles. The number of sulfonamides is 1. The lowest BCUT2D eigenvalue weighted by molar-refractivity contribution is 0.411. The number of rotatable bonds is 8. The van der Waals surface area contributed by atoms with Crippen molar-refractivity contribution in [1.82, 2.24) is 4.72 Å². The minimum atomic E-state index is -3.99. The van der Waals surface area contributed by atoms with E-state index in [1.165, 1.54) is 43.5 Å². The predicted molar refractivity (Wildman–Crippen MR) is 114 cm³/mol. The van der Waals surface area contributed by atoms with E-state index in [1.807, 2.05) is 0 Å². The van der Waals surface area contributed by atoms with E-state index >= 15 is 0 Å². The van der Waals surface area contributed by atoms with Crippen LogP contribution in [0, 0.1) is 12.7 Å². The molecule has 0 aliphatic carbocycles. The Bertz CT molecular complexity index is 1220. The van der Waals surface area contributed by atoms with Crippen LogP contribution in [0.2, 0.25) is 0 Å². The highest BCUT2D eigenvalue weighted by Crippen LogP contribution is 2.32. The summed E-state index contributed by atoms with van der Waals surface area (Å²) in [4.78, 5) is -0.00724. The van der Waals surface area contributed by atoms with Crippen LogP contribution in [0.15, 0.2) is 69.1 Å². The zero-order valence-corrected chi connectivity index (χ0v) is 18.7. The monoisotopic (exact) mass is 469 g/mol. The van der Waals surface area contributed by atoms with Crippen molar-refractivity contribution in [3.63, 3.8) is 0 Å². The molecule has 6 nitrogen and oxygen atoms in total. The molecule has 0 saturated carbocycles. The molecule has 1 N–H and O–H groups in total. The zero-order valence-electron chi connectivity index (χ0n) is 16.2. The molecule has 0 spiro atoms. The van der Waals surface area contributed by atoms with Crippen molar-refractivity contribution < 1.29 is 26.0 Å². The fourth-order valence-electron chi connectivity index (χ4n) is 2.94. The topological polar surface area (TPSA) is 89.5 Å². The zero-order chi connectivity index (χ0) is 21.9. The second-order valence-corrected chi connectivity index (χ2v) is 11.6. The SMILES string of the molecule is COc1ccc(S(=O)(=O)NC[C@H](c2ccc(F)cc2)S(=O)(=O)c2cccs2)cc1C. The van der Waals surface area contributed by atoms with Crippen molar-refractivity contribution in [2.75, 3.05) is 13.7 Å². The highest BCUT2D eigenvalue weighted by atomic mass is 32.2. The van der Waals surface area contributed by atoms with Gasteiger partial charge in [-0.25, -0.2) is 25.9 Å². The fourth-order valence-corrected chi connectivity index (χ4v) is 7.04. The lowest BCUT2D eigenvalue weighted by Gasteiger charge is -2.18. The van der Waals surface area contributed by atoms with Gasteiger partial charge in [0, 0.05) is 6.54 Å². The first-order valence-corrected chi connectivity index (χ1v) is 12.7. The third-order valence-corrected chi connectivity index (χ3v) is 9.48. The molecular weight excluding hydrogens is 449 g/mol. The molecule has 10 heteroatoms. The average Bonchev–Trinajstić information content (AvgIpc) is 3.25. The molecule has 0 radical (unpaired) electrons. The second kappa shape index (κ2) is 8.84. The number of methoxy groups -OCH3 is 1. The first kappa shape index (κ1) is 22.4. The van der Waals surface area contributed by atoms with E-state index in [0.29, 0.717) is 16.9 Å². The number of aryl methyl sites for hydroxylation is 1. The maximum Gasteiger partial charge on any atom is 0.240 e. The van der Waals surface area contributed by atoms with E-state index in [-0.39, 0.29) is 9.10 Å². The van der Waals surface area contributed by atoms with Gasteiger partial charge in [0.15, 0.2) is 9.84 Å². The highest BCUT2D eigenvalue weighted by molar-refractivity contribution is 7.93. The summed E-state index contributed by atoms with van der Waals surface area (Å²) in [7, 11) is -6.40. The maximum atomic E-state index is 13.3. The lowest BCUT2D eigenvalue weighted by atomic mass is 10.1. The minimum absolute atomic E-state index is 0.00724. The molecule has 3 rings (SSSR count). The van der Waals surface area contributed by atoms with Gasteiger partial charge < -0.3 is 4.74 Å². The van der Waals surface area contributed by atoms with Gasteiger partial charge in [0.1, 0.15) is 21.0 Å². The number of hydrogen-bond donors (Lipinski definition) is 1. The summed E-state index contributed by atoms with van der Waals surface area (Å²) in [5.74, 6) is 0.0266. The summed E-state index contributed by atoms with van der Waals surface area (Å²) in [5, 5.41) is 0.407. The molecular formula is C20H20FNO5S3. The molecule has 160 valence electrons. The first-order valence-electron chi connectivity index (χ1n) is 8.82. The van der Waals surface area contributed by atoms with Crippen molar-refractivity contribution >= 4 is 31.2 Å². The van der Waals surface area contributed by atoms with Crippen LogP contribution in [0.3, 0.4) is 0 Å². The van der Waals surface area contributed by atoms with Gasteiger partial charge >= 0.3 is 0 Å². The molecule has 1 aromatic heterocycles. The molecule has 0 aliphatic rings. The maximum absolute atomic E-state index is 13.3. The molecule has 1 heterocycles. The Morgan fingerprint density at radius 3 is 2.33 bits per heavy atom. The molecule has 0 unspecified atom stereocenters. The van der Waals surface area contributed by atoms with Crippen LogP contribution in [-0.2, 0) is 19.9 Å². The van der Waals surface area contributed by atoms with Gasteiger partial charge in [-0.3, -0.25) is 0 Å². The van der Waals surface area contributed by atoms with Gasteiger partial charge in [-0.2, -0.15) is 0 Å². The number of ether oxygens (including phenoxy) is 1. The van der Waals surface area contributed by atoms with Crippen LogP contribution < -0.4 is 9.46 Å². The summed E-state index contributed by atoms with van der Waals surface area (Å²) in [6.45, 7) is 1.31. The standard InChI is InChI=1S/C20H20FNO5S3/c1-14-12-17(9-10-18(14)27-2)30(25,26)22-13-19(15-5-7-16(21)8-6-15)29(23,24)20-4-3-11-28-20/h3-12,19,22H,13H2,1-2H3/t19-/m1/s1. The number of nitrogens with one attached hydrogen (secondary N) is 1. The number of thiophene rings is 1. The van der Waals surface area contributed by atoms with Crippen molar-refractivity contribution in [3.05, 3.63) is 76.9 Å². The fraction of sp³-hybridized carbons (Fsp3) is 0.200.